The molecule has 0 saturated carbocycles. The summed E-state index contributed by atoms with van der Waals surface area (Å²) in [7, 11) is -2.69. The van der Waals surface area contributed by atoms with Gasteiger partial charge < -0.3 is 10.1 Å². The number of sulfonamides is 1. The van der Waals surface area contributed by atoms with E-state index in [4.69, 9.17) is 0 Å². The number of ether oxygens (including phenoxy) is 1. The summed E-state index contributed by atoms with van der Waals surface area (Å²) in [5, 5.41) is 2.24. The van der Waals surface area contributed by atoms with Crippen LogP contribution >= 0.6 is 0 Å². The molecule has 19 heavy (non-hydrogen) atoms. The first kappa shape index (κ1) is 15.4. The van der Waals surface area contributed by atoms with E-state index in [0.717, 1.165) is 7.11 Å². The van der Waals surface area contributed by atoms with Gasteiger partial charge in [-0.2, -0.15) is 0 Å². The second-order valence-electron chi connectivity index (χ2n) is 4.63. The molecule has 108 valence electrons. The van der Waals surface area contributed by atoms with Crippen molar-refractivity contribution >= 4 is 27.8 Å². The van der Waals surface area contributed by atoms with Gasteiger partial charge in [-0.15, -0.1) is 0 Å². The molecule has 1 atom stereocenters. The van der Waals surface area contributed by atoms with Gasteiger partial charge in [0, 0.05) is 6.92 Å². The quantitative estimate of drug-likeness (QED) is 0.639. The van der Waals surface area contributed by atoms with E-state index in [0.29, 0.717) is 4.31 Å². The largest absolute Gasteiger partial charge is 0.467 e. The van der Waals surface area contributed by atoms with Gasteiger partial charge in [-0.05, 0) is 13.8 Å². The van der Waals surface area contributed by atoms with Crippen LogP contribution in [0, 0.1) is 0 Å². The Morgan fingerprint density at radius 1 is 1.42 bits per heavy atom. The van der Waals surface area contributed by atoms with Crippen LogP contribution in [0.15, 0.2) is 0 Å². The second kappa shape index (κ2) is 4.80. The Bertz CT molecular complexity index is 524. The van der Waals surface area contributed by atoms with Crippen LogP contribution in [0.4, 0.5) is 0 Å². The van der Waals surface area contributed by atoms with Gasteiger partial charge in [-0.25, -0.2) is 17.5 Å². The van der Waals surface area contributed by atoms with E-state index in [2.05, 4.69) is 10.1 Å². The molecule has 0 aromatic heterocycles. The monoisotopic (exact) mass is 292 g/mol. The summed E-state index contributed by atoms with van der Waals surface area (Å²) < 4.78 is 27.2. The molecule has 1 heterocycles. The number of nitrogens with one attached hydrogen (secondary N) is 1. The summed E-state index contributed by atoms with van der Waals surface area (Å²) in [5.74, 6) is -1.96. The molecular weight excluding hydrogens is 276 g/mol. The molecular formula is C10H16N2O6S. The maximum absolute atomic E-state index is 11.9. The summed E-state index contributed by atoms with van der Waals surface area (Å²) in [6.07, 6.45) is 0. The van der Waals surface area contributed by atoms with Crippen molar-refractivity contribution < 1.29 is 27.5 Å². The molecule has 1 aliphatic rings. The highest BCUT2D eigenvalue weighted by Gasteiger charge is 2.60. The first-order chi connectivity index (χ1) is 8.55. The number of nitrogens with zero attached hydrogens (tertiary/aromatic N) is 1. The average molecular weight is 292 g/mol. The number of methoxy groups -OCH3 is 1. The molecule has 0 aliphatic carbocycles. The van der Waals surface area contributed by atoms with Crippen molar-refractivity contribution in [1.29, 1.82) is 0 Å². The average Bonchev–Trinajstić information content (AvgIpc) is 2.31. The molecule has 0 aromatic rings. The zero-order valence-electron chi connectivity index (χ0n) is 11.1. The van der Waals surface area contributed by atoms with Crippen LogP contribution in [0.5, 0.6) is 0 Å². The van der Waals surface area contributed by atoms with E-state index < -0.39 is 45.1 Å². The van der Waals surface area contributed by atoms with Gasteiger partial charge in [0.15, 0.2) is 4.75 Å². The molecule has 1 fully saturated rings. The van der Waals surface area contributed by atoms with E-state index in [1.165, 1.54) is 20.8 Å². The number of carbonyl (C=O) groups is 3. The fourth-order valence-corrected chi connectivity index (χ4v) is 3.21. The molecule has 1 aliphatic heterocycles. The Morgan fingerprint density at radius 3 is 2.32 bits per heavy atom. The van der Waals surface area contributed by atoms with E-state index in [1.54, 1.807) is 0 Å². The minimum absolute atomic E-state index is 0.461. The van der Waals surface area contributed by atoms with Crippen LogP contribution in [0.3, 0.4) is 0 Å². The van der Waals surface area contributed by atoms with Crippen LogP contribution in [-0.2, 0) is 29.1 Å². The van der Waals surface area contributed by atoms with E-state index in [1.807, 2.05) is 0 Å². The van der Waals surface area contributed by atoms with Crippen molar-refractivity contribution in [3.63, 3.8) is 0 Å². The molecule has 9 heteroatoms. The number of amides is 2. The minimum Gasteiger partial charge on any atom is -0.467 e. The summed E-state index contributed by atoms with van der Waals surface area (Å²) in [6.45, 7) is 3.28. The zero-order chi connectivity index (χ0) is 15.0. The SMILES string of the molecule is COC(=O)C(CN1C(=O)C(C)(C)S1(=O)=O)NC(C)=O. The normalized spacial score (nSPS) is 21.3. The summed E-state index contributed by atoms with van der Waals surface area (Å²) in [4.78, 5) is 34.1. The third-order valence-electron chi connectivity index (χ3n) is 2.89. The Hall–Kier alpha value is -1.64. The molecule has 0 bridgehead atoms. The number of hydrogen-bond acceptors (Lipinski definition) is 6. The number of carbonyl (C=O) groups excluding carboxylic acids is 3. The van der Waals surface area contributed by atoms with Gasteiger partial charge in [0.05, 0.1) is 13.7 Å². The van der Waals surface area contributed by atoms with Crippen molar-refractivity contribution in [2.24, 2.45) is 0 Å². The smallest absolute Gasteiger partial charge is 0.330 e. The Labute approximate surface area is 111 Å². The van der Waals surface area contributed by atoms with Crippen molar-refractivity contribution in [2.45, 2.75) is 31.6 Å². The Balaban J connectivity index is 2.91. The number of hydrogen-bond donors (Lipinski definition) is 1. The third-order valence-corrected chi connectivity index (χ3v) is 5.25. The summed E-state index contributed by atoms with van der Waals surface area (Å²) in [5.41, 5.74) is 0. The predicted molar refractivity (Wildman–Crippen MR) is 64.3 cm³/mol. The molecule has 1 N–H and O–H groups in total. The molecule has 2 amide bonds. The fourth-order valence-electron chi connectivity index (χ4n) is 1.67. The van der Waals surface area contributed by atoms with Crippen LogP contribution in [0.1, 0.15) is 20.8 Å². The lowest BCUT2D eigenvalue weighted by molar-refractivity contribution is -0.146. The fraction of sp³-hybridized carbons (Fsp3) is 0.700. The maximum atomic E-state index is 11.9. The second-order valence-corrected chi connectivity index (χ2v) is 7.04. The van der Waals surface area contributed by atoms with Crippen molar-refractivity contribution in [1.82, 2.24) is 9.62 Å². The van der Waals surface area contributed by atoms with Crippen LogP contribution < -0.4 is 5.32 Å². The summed E-state index contributed by atoms with van der Waals surface area (Å²) in [6, 6.07) is -1.21. The van der Waals surface area contributed by atoms with E-state index in [9.17, 15) is 22.8 Å². The number of rotatable bonds is 4. The standard InChI is InChI=1S/C10H16N2O6S/c1-6(13)11-7(8(14)18-4)5-12-9(15)10(2,3)19(12,16)17/h7H,5H2,1-4H3,(H,11,13). The van der Waals surface area contributed by atoms with Crippen molar-refractivity contribution in [3.8, 4) is 0 Å². The molecule has 0 spiro atoms. The van der Waals surface area contributed by atoms with Crippen LogP contribution in [0.25, 0.3) is 0 Å². The first-order valence-corrected chi connectivity index (χ1v) is 6.91. The van der Waals surface area contributed by atoms with Crippen molar-refractivity contribution in [2.75, 3.05) is 13.7 Å². The van der Waals surface area contributed by atoms with E-state index >= 15 is 0 Å². The highest BCUT2D eigenvalue weighted by molar-refractivity contribution is 7.94. The third kappa shape index (κ3) is 2.42. The van der Waals surface area contributed by atoms with Crippen molar-refractivity contribution in [3.05, 3.63) is 0 Å². The minimum atomic E-state index is -3.80. The molecule has 8 nitrogen and oxygen atoms in total. The predicted octanol–water partition coefficient (Wildman–Crippen LogP) is -1.39. The molecule has 0 radical (unpaired) electrons. The first-order valence-electron chi connectivity index (χ1n) is 5.47. The van der Waals surface area contributed by atoms with Crippen LogP contribution in [0.2, 0.25) is 0 Å². The lowest BCUT2D eigenvalue weighted by Crippen LogP contribution is -2.69. The van der Waals surface area contributed by atoms with E-state index in [-0.39, 0.29) is 0 Å². The van der Waals surface area contributed by atoms with Gasteiger partial charge >= 0.3 is 5.97 Å². The zero-order valence-corrected chi connectivity index (χ0v) is 11.9. The van der Waals surface area contributed by atoms with Gasteiger partial charge in [-0.1, -0.05) is 0 Å². The Morgan fingerprint density at radius 2 is 1.95 bits per heavy atom. The Kier molecular flexibility index (Phi) is 3.89. The topological polar surface area (TPSA) is 110 Å². The highest BCUT2D eigenvalue weighted by atomic mass is 32.2. The van der Waals surface area contributed by atoms with Gasteiger partial charge in [0.1, 0.15) is 6.04 Å². The summed E-state index contributed by atoms with van der Waals surface area (Å²) >= 11 is 0. The van der Waals surface area contributed by atoms with Gasteiger partial charge in [0.25, 0.3) is 15.9 Å². The highest BCUT2D eigenvalue weighted by Crippen LogP contribution is 2.34. The van der Waals surface area contributed by atoms with Gasteiger partial charge in [0.2, 0.25) is 5.91 Å². The van der Waals surface area contributed by atoms with Gasteiger partial charge in [-0.3, -0.25) is 9.59 Å². The molecule has 1 saturated heterocycles. The lowest BCUT2D eigenvalue weighted by Gasteiger charge is -2.43. The molecule has 1 rings (SSSR count). The van der Waals surface area contributed by atoms with Crippen LogP contribution in [-0.4, -0.2) is 55.0 Å². The maximum Gasteiger partial charge on any atom is 0.330 e. The molecule has 0 aromatic carbocycles. The lowest BCUT2D eigenvalue weighted by atomic mass is 10.1. The molecule has 1 unspecified atom stereocenters. The number of esters is 1.